The molecule has 1 rings (SSSR count). The number of benzene rings is 1. The van der Waals surface area contributed by atoms with Gasteiger partial charge in [0.15, 0.2) is 5.96 Å². The molecular weight excluding hydrogens is 302 g/mol. The number of nitrogens with zero attached hydrogens (tertiary/aromatic N) is 1. The minimum Gasteiger partial charge on any atom is -0.488 e. The summed E-state index contributed by atoms with van der Waals surface area (Å²) >= 11 is 0. The van der Waals surface area contributed by atoms with Gasteiger partial charge in [0.25, 0.3) is 0 Å². The number of ether oxygens (including phenoxy) is 1. The lowest BCUT2D eigenvalue weighted by Gasteiger charge is -2.23. The van der Waals surface area contributed by atoms with Crippen LogP contribution in [-0.2, 0) is 6.54 Å². The third-order valence-electron chi connectivity index (χ3n) is 3.32. The lowest BCUT2D eigenvalue weighted by atomic mass is 10.1. The van der Waals surface area contributed by atoms with Gasteiger partial charge in [-0.3, -0.25) is 0 Å². The van der Waals surface area contributed by atoms with Crippen LogP contribution in [0.3, 0.4) is 0 Å². The standard InChI is InChI=1S/C19H33N3O2/c1-7-20-18(21-11-15(3)13-23)22-12-16-9-8-14(2)10-17(16)24-19(4,5)6/h8-10,15,23H,7,11-13H2,1-6H3,(H2,20,21,22). The molecule has 5 heteroatoms. The zero-order valence-electron chi connectivity index (χ0n) is 15.9. The lowest BCUT2D eigenvalue weighted by Crippen LogP contribution is -2.39. The van der Waals surface area contributed by atoms with Crippen LogP contribution in [-0.4, -0.2) is 36.4 Å². The minimum atomic E-state index is -0.244. The number of hydrogen-bond acceptors (Lipinski definition) is 3. The summed E-state index contributed by atoms with van der Waals surface area (Å²) in [5.41, 5.74) is 1.98. The summed E-state index contributed by atoms with van der Waals surface area (Å²) in [5.74, 6) is 1.82. The number of aliphatic hydroxyl groups is 1. The van der Waals surface area contributed by atoms with Gasteiger partial charge in [0.1, 0.15) is 11.4 Å². The Bertz CT molecular complexity index is 536. The Morgan fingerprint density at radius 1 is 1.29 bits per heavy atom. The predicted octanol–water partition coefficient (Wildman–Crippen LogP) is 2.86. The fourth-order valence-corrected chi connectivity index (χ4v) is 2.06. The summed E-state index contributed by atoms with van der Waals surface area (Å²) in [6, 6.07) is 6.21. The molecule has 5 nitrogen and oxygen atoms in total. The van der Waals surface area contributed by atoms with Gasteiger partial charge in [-0.25, -0.2) is 4.99 Å². The molecule has 0 saturated carbocycles. The first-order valence-electron chi connectivity index (χ1n) is 8.66. The van der Waals surface area contributed by atoms with Crippen molar-refractivity contribution in [3.8, 4) is 5.75 Å². The van der Waals surface area contributed by atoms with Crippen molar-refractivity contribution in [3.63, 3.8) is 0 Å². The van der Waals surface area contributed by atoms with Gasteiger partial charge >= 0.3 is 0 Å². The first-order chi connectivity index (χ1) is 11.2. The van der Waals surface area contributed by atoms with Gasteiger partial charge in [-0.1, -0.05) is 19.1 Å². The van der Waals surface area contributed by atoms with E-state index >= 15 is 0 Å². The van der Waals surface area contributed by atoms with Crippen LogP contribution in [0.2, 0.25) is 0 Å². The average molecular weight is 335 g/mol. The molecule has 0 aliphatic carbocycles. The van der Waals surface area contributed by atoms with Crippen LogP contribution in [0.4, 0.5) is 0 Å². The minimum absolute atomic E-state index is 0.161. The van der Waals surface area contributed by atoms with Crippen molar-refractivity contribution in [1.29, 1.82) is 0 Å². The fourth-order valence-electron chi connectivity index (χ4n) is 2.06. The maximum atomic E-state index is 9.14. The SMILES string of the molecule is CCNC(=NCc1ccc(C)cc1OC(C)(C)C)NCC(C)CO. The molecule has 1 aromatic carbocycles. The summed E-state index contributed by atoms with van der Waals surface area (Å²) in [4.78, 5) is 4.64. The highest BCUT2D eigenvalue weighted by Gasteiger charge is 2.15. The Morgan fingerprint density at radius 2 is 2.00 bits per heavy atom. The summed E-state index contributed by atoms with van der Waals surface area (Å²) in [5, 5.41) is 15.6. The summed E-state index contributed by atoms with van der Waals surface area (Å²) in [6.07, 6.45) is 0. The molecule has 136 valence electrons. The molecular formula is C19H33N3O2. The molecule has 0 aliphatic rings. The highest BCUT2D eigenvalue weighted by molar-refractivity contribution is 5.79. The van der Waals surface area contributed by atoms with Crippen LogP contribution in [0, 0.1) is 12.8 Å². The summed E-state index contributed by atoms with van der Waals surface area (Å²) in [7, 11) is 0. The molecule has 24 heavy (non-hydrogen) atoms. The van der Waals surface area contributed by atoms with Gasteiger partial charge in [0.05, 0.1) is 6.54 Å². The third kappa shape index (κ3) is 7.68. The number of nitrogens with one attached hydrogen (secondary N) is 2. The maximum absolute atomic E-state index is 9.14. The largest absolute Gasteiger partial charge is 0.488 e. The number of rotatable bonds is 7. The highest BCUT2D eigenvalue weighted by Crippen LogP contribution is 2.25. The molecule has 0 aromatic heterocycles. The van der Waals surface area contributed by atoms with Crippen molar-refractivity contribution in [3.05, 3.63) is 29.3 Å². The first kappa shape index (κ1) is 20.3. The Kier molecular flexibility index (Phi) is 8.05. The highest BCUT2D eigenvalue weighted by atomic mass is 16.5. The monoisotopic (exact) mass is 335 g/mol. The van der Waals surface area contributed by atoms with Crippen molar-refractivity contribution >= 4 is 5.96 Å². The van der Waals surface area contributed by atoms with E-state index in [1.807, 2.05) is 34.6 Å². The molecule has 3 N–H and O–H groups in total. The molecule has 0 saturated heterocycles. The molecule has 1 atom stereocenters. The number of hydrogen-bond donors (Lipinski definition) is 3. The quantitative estimate of drug-likeness (QED) is 0.529. The zero-order chi connectivity index (χ0) is 18.2. The normalized spacial score (nSPS) is 13.5. The molecule has 0 bridgehead atoms. The summed E-state index contributed by atoms with van der Waals surface area (Å²) < 4.78 is 6.08. The third-order valence-corrected chi connectivity index (χ3v) is 3.32. The van der Waals surface area contributed by atoms with E-state index in [0.29, 0.717) is 13.1 Å². The lowest BCUT2D eigenvalue weighted by molar-refractivity contribution is 0.129. The second-order valence-corrected chi connectivity index (χ2v) is 7.19. The number of guanidine groups is 1. The van der Waals surface area contributed by atoms with Gasteiger partial charge in [0, 0.05) is 25.3 Å². The van der Waals surface area contributed by atoms with E-state index in [2.05, 4.69) is 40.7 Å². The number of aliphatic imine (C=N–C) groups is 1. The molecule has 0 aliphatic heterocycles. The first-order valence-corrected chi connectivity index (χ1v) is 8.66. The van der Waals surface area contributed by atoms with Gasteiger partial charge in [-0.2, -0.15) is 0 Å². The van der Waals surface area contributed by atoms with Crippen molar-refractivity contribution in [2.75, 3.05) is 19.7 Å². The Labute approximate surface area is 146 Å². The zero-order valence-corrected chi connectivity index (χ0v) is 15.9. The number of aryl methyl sites for hydroxylation is 1. The van der Waals surface area contributed by atoms with Crippen molar-refractivity contribution in [1.82, 2.24) is 10.6 Å². The molecule has 0 amide bonds. The van der Waals surface area contributed by atoms with E-state index < -0.39 is 0 Å². The number of aliphatic hydroxyl groups excluding tert-OH is 1. The topological polar surface area (TPSA) is 65.9 Å². The van der Waals surface area contributed by atoms with Crippen molar-refractivity contribution in [2.24, 2.45) is 10.9 Å². The van der Waals surface area contributed by atoms with Crippen molar-refractivity contribution in [2.45, 2.75) is 53.7 Å². The molecule has 0 radical (unpaired) electrons. The van der Waals surface area contributed by atoms with Gasteiger partial charge in [0.2, 0.25) is 0 Å². The molecule has 1 aromatic rings. The van der Waals surface area contributed by atoms with Crippen LogP contribution < -0.4 is 15.4 Å². The van der Waals surface area contributed by atoms with E-state index in [1.165, 1.54) is 5.56 Å². The van der Waals surface area contributed by atoms with Crippen LogP contribution in [0.5, 0.6) is 5.75 Å². The predicted molar refractivity (Wildman–Crippen MR) is 101 cm³/mol. The molecule has 0 heterocycles. The second-order valence-electron chi connectivity index (χ2n) is 7.19. The van der Waals surface area contributed by atoms with Gasteiger partial charge < -0.3 is 20.5 Å². The average Bonchev–Trinajstić information content (AvgIpc) is 2.49. The van der Waals surface area contributed by atoms with Gasteiger partial charge in [-0.05, 0) is 52.2 Å². The smallest absolute Gasteiger partial charge is 0.191 e. The van der Waals surface area contributed by atoms with E-state index in [4.69, 9.17) is 9.84 Å². The van der Waals surface area contributed by atoms with Crippen LogP contribution in [0.25, 0.3) is 0 Å². The van der Waals surface area contributed by atoms with Crippen LogP contribution in [0.1, 0.15) is 45.7 Å². The second kappa shape index (κ2) is 9.52. The Morgan fingerprint density at radius 3 is 2.58 bits per heavy atom. The molecule has 1 unspecified atom stereocenters. The summed E-state index contributed by atoms with van der Waals surface area (Å²) in [6.45, 7) is 14.4. The van der Waals surface area contributed by atoms with E-state index in [-0.39, 0.29) is 18.1 Å². The van der Waals surface area contributed by atoms with E-state index in [0.717, 1.165) is 23.8 Å². The van der Waals surface area contributed by atoms with Crippen LogP contribution >= 0.6 is 0 Å². The molecule has 0 fully saturated rings. The Hall–Kier alpha value is -1.75. The van der Waals surface area contributed by atoms with Crippen LogP contribution in [0.15, 0.2) is 23.2 Å². The fraction of sp³-hybridized carbons (Fsp3) is 0.632. The molecule has 0 spiro atoms. The maximum Gasteiger partial charge on any atom is 0.191 e. The van der Waals surface area contributed by atoms with Crippen molar-refractivity contribution < 1.29 is 9.84 Å². The van der Waals surface area contributed by atoms with Gasteiger partial charge in [-0.15, -0.1) is 0 Å². The van der Waals surface area contributed by atoms with E-state index in [1.54, 1.807) is 0 Å². The Balaban J connectivity index is 2.87. The van der Waals surface area contributed by atoms with E-state index in [9.17, 15) is 0 Å².